The van der Waals surface area contributed by atoms with Gasteiger partial charge in [-0.15, -0.1) is 0 Å². The lowest BCUT2D eigenvalue weighted by atomic mass is 10.2. The van der Waals surface area contributed by atoms with E-state index in [-0.39, 0.29) is 0 Å². The summed E-state index contributed by atoms with van der Waals surface area (Å²) in [5.74, 6) is 1.75. The van der Waals surface area contributed by atoms with Gasteiger partial charge in [-0.25, -0.2) is 0 Å². The third kappa shape index (κ3) is 2.44. The maximum Gasteiger partial charge on any atom is 0.444 e. The van der Waals surface area contributed by atoms with Crippen molar-refractivity contribution in [1.82, 2.24) is 28.5 Å². The third-order valence-corrected chi connectivity index (χ3v) is 3.81. The zero-order valence-electron chi connectivity index (χ0n) is 11.5. The zero-order valence-corrected chi connectivity index (χ0v) is 13.1. The Morgan fingerprint density at radius 1 is 0.895 bits per heavy atom. The molecule has 0 N–H and O–H groups in total. The lowest BCUT2D eigenvalue weighted by Crippen LogP contribution is -2.20. The minimum absolute atomic E-state index is 0.644. The molecule has 0 aliphatic rings. The van der Waals surface area contributed by atoms with Gasteiger partial charge >= 0.3 is 7.55 Å². The van der Waals surface area contributed by atoms with Crippen molar-refractivity contribution in [3.05, 3.63) is 21.2 Å². The molecule has 0 saturated carbocycles. The van der Waals surface area contributed by atoms with Crippen LogP contribution in [0, 0.1) is 23.4 Å². The van der Waals surface area contributed by atoms with Gasteiger partial charge in [0, 0.05) is 13.1 Å². The first-order chi connectivity index (χ1) is 8.99. The summed E-state index contributed by atoms with van der Waals surface area (Å²) in [5.41, 5.74) is 0. The molecule has 0 amide bonds. The Morgan fingerprint density at radius 2 is 1.26 bits per heavy atom. The van der Waals surface area contributed by atoms with Crippen LogP contribution in [-0.4, -0.2) is 36.1 Å². The fraction of sp³-hybridized carbons (Fsp3) is 0.600. The standard InChI is InChI=1S/C10H16BN6S2/c1-5-14-7(3)12-16(9(14)18)11-17-10(19)15(6-2)8(4)13-17/h5-6H2,1-4H3. The van der Waals surface area contributed by atoms with E-state index in [1.807, 2.05) is 36.8 Å². The summed E-state index contributed by atoms with van der Waals surface area (Å²) in [5, 5.41) is 8.77. The Morgan fingerprint density at radius 3 is 1.53 bits per heavy atom. The Bertz CT molecular complexity index is 646. The van der Waals surface area contributed by atoms with Crippen molar-refractivity contribution in [3.63, 3.8) is 0 Å². The van der Waals surface area contributed by atoms with Crippen molar-refractivity contribution < 1.29 is 0 Å². The second-order valence-corrected chi connectivity index (χ2v) is 4.88. The highest BCUT2D eigenvalue weighted by Crippen LogP contribution is 2.02. The van der Waals surface area contributed by atoms with Crippen LogP contribution in [0.4, 0.5) is 0 Å². The van der Waals surface area contributed by atoms with Crippen molar-refractivity contribution in [3.8, 4) is 0 Å². The molecular formula is C10H16BN6S2. The predicted molar refractivity (Wildman–Crippen MR) is 79.5 cm³/mol. The van der Waals surface area contributed by atoms with E-state index in [4.69, 9.17) is 24.4 Å². The lowest BCUT2D eigenvalue weighted by molar-refractivity contribution is 0.716. The number of aromatic nitrogens is 6. The van der Waals surface area contributed by atoms with Gasteiger partial charge in [0.25, 0.3) is 0 Å². The molecule has 0 saturated heterocycles. The fourth-order valence-corrected chi connectivity index (χ4v) is 2.71. The summed E-state index contributed by atoms with van der Waals surface area (Å²) in [6, 6.07) is 0. The number of nitrogens with zero attached hydrogens (tertiary/aromatic N) is 6. The van der Waals surface area contributed by atoms with Gasteiger partial charge in [-0.2, -0.15) is 10.2 Å². The molecule has 0 fully saturated rings. The van der Waals surface area contributed by atoms with E-state index in [0.29, 0.717) is 9.54 Å². The highest BCUT2D eigenvalue weighted by molar-refractivity contribution is 7.71. The Kier molecular flexibility index (Phi) is 4.05. The van der Waals surface area contributed by atoms with Crippen LogP contribution in [0.3, 0.4) is 0 Å². The quantitative estimate of drug-likeness (QED) is 0.636. The summed E-state index contributed by atoms with van der Waals surface area (Å²) in [6.45, 7) is 9.53. The van der Waals surface area contributed by atoms with Gasteiger partial charge in [0.05, 0.1) is 0 Å². The molecule has 0 spiro atoms. The molecule has 0 atom stereocenters. The average Bonchev–Trinajstić information content (AvgIpc) is 2.78. The van der Waals surface area contributed by atoms with Crippen LogP contribution in [0.25, 0.3) is 0 Å². The van der Waals surface area contributed by atoms with Gasteiger partial charge < -0.3 is 9.13 Å². The topological polar surface area (TPSA) is 45.5 Å². The van der Waals surface area contributed by atoms with E-state index < -0.39 is 0 Å². The minimum atomic E-state index is 0.644. The van der Waals surface area contributed by atoms with E-state index in [1.54, 1.807) is 16.7 Å². The number of hydrogen-bond acceptors (Lipinski definition) is 4. The van der Waals surface area contributed by atoms with E-state index in [9.17, 15) is 0 Å². The summed E-state index contributed by atoms with van der Waals surface area (Å²) < 4.78 is 8.47. The normalized spacial score (nSPS) is 10.9. The molecule has 0 aliphatic carbocycles. The molecule has 2 heterocycles. The van der Waals surface area contributed by atoms with Gasteiger partial charge in [-0.1, -0.05) is 0 Å². The molecule has 0 bridgehead atoms. The van der Waals surface area contributed by atoms with Crippen molar-refractivity contribution >= 4 is 32.0 Å². The van der Waals surface area contributed by atoms with Crippen LogP contribution in [0.1, 0.15) is 25.5 Å². The minimum Gasteiger partial charge on any atom is -0.305 e. The molecule has 19 heavy (non-hydrogen) atoms. The smallest absolute Gasteiger partial charge is 0.305 e. The Labute approximate surface area is 123 Å². The van der Waals surface area contributed by atoms with Gasteiger partial charge in [0.15, 0.2) is 9.54 Å². The molecule has 0 aliphatic heterocycles. The SMILES string of the molecule is CCn1c(C)nn([B]n2nc(C)n(CC)c2=S)c1=S. The van der Waals surface area contributed by atoms with E-state index in [0.717, 1.165) is 24.7 Å². The first-order valence-corrected chi connectivity index (χ1v) is 6.98. The predicted octanol–water partition coefficient (Wildman–Crippen LogP) is 1.73. The molecule has 0 unspecified atom stereocenters. The summed E-state index contributed by atoms with van der Waals surface area (Å²) >= 11 is 10.7. The molecule has 0 aromatic carbocycles. The summed E-state index contributed by atoms with van der Waals surface area (Å²) in [7, 11) is 1.73. The van der Waals surface area contributed by atoms with E-state index >= 15 is 0 Å². The van der Waals surface area contributed by atoms with Crippen molar-refractivity contribution in [2.24, 2.45) is 0 Å². The third-order valence-electron chi connectivity index (χ3n) is 2.99. The second kappa shape index (κ2) is 5.42. The Balaban J connectivity index is 2.43. The molecule has 101 valence electrons. The average molecular weight is 295 g/mol. The molecule has 9 heteroatoms. The summed E-state index contributed by atoms with van der Waals surface area (Å²) in [6.07, 6.45) is 0. The number of rotatable bonds is 4. The Hall–Kier alpha value is -1.22. The van der Waals surface area contributed by atoms with Crippen LogP contribution in [0.15, 0.2) is 0 Å². The van der Waals surface area contributed by atoms with Crippen molar-refractivity contribution in [2.45, 2.75) is 40.8 Å². The van der Waals surface area contributed by atoms with E-state index in [2.05, 4.69) is 10.2 Å². The first-order valence-electron chi connectivity index (χ1n) is 6.16. The van der Waals surface area contributed by atoms with Crippen LogP contribution in [0.2, 0.25) is 0 Å². The molecule has 6 nitrogen and oxygen atoms in total. The molecule has 2 aromatic rings. The van der Waals surface area contributed by atoms with Crippen LogP contribution in [-0.2, 0) is 13.1 Å². The zero-order chi connectivity index (χ0) is 14.2. The lowest BCUT2D eigenvalue weighted by Gasteiger charge is -1.99. The van der Waals surface area contributed by atoms with Crippen LogP contribution >= 0.6 is 24.4 Å². The maximum absolute atomic E-state index is 5.37. The molecule has 2 rings (SSSR count). The highest BCUT2D eigenvalue weighted by Gasteiger charge is 2.12. The van der Waals surface area contributed by atoms with Crippen molar-refractivity contribution in [2.75, 3.05) is 0 Å². The van der Waals surface area contributed by atoms with Gasteiger partial charge in [-0.3, -0.25) is 9.19 Å². The maximum atomic E-state index is 5.37. The fourth-order valence-electron chi connectivity index (χ4n) is 2.01. The van der Waals surface area contributed by atoms with E-state index in [1.165, 1.54) is 0 Å². The first kappa shape index (κ1) is 14.2. The van der Waals surface area contributed by atoms with Crippen molar-refractivity contribution in [1.29, 1.82) is 0 Å². The van der Waals surface area contributed by atoms with Gasteiger partial charge in [-0.05, 0) is 52.1 Å². The second-order valence-electron chi connectivity index (χ2n) is 4.15. The van der Waals surface area contributed by atoms with Crippen LogP contribution < -0.4 is 0 Å². The van der Waals surface area contributed by atoms with Crippen LogP contribution in [0.5, 0.6) is 0 Å². The molecular weight excluding hydrogens is 279 g/mol. The monoisotopic (exact) mass is 295 g/mol. The molecule has 2 aromatic heterocycles. The molecule has 1 radical (unpaired) electrons. The number of aryl methyl sites for hydroxylation is 2. The highest BCUT2D eigenvalue weighted by atomic mass is 32.1. The largest absolute Gasteiger partial charge is 0.444 e. The number of hydrogen-bond donors (Lipinski definition) is 0. The van der Waals surface area contributed by atoms with Gasteiger partial charge in [0.2, 0.25) is 0 Å². The van der Waals surface area contributed by atoms with Gasteiger partial charge in [0.1, 0.15) is 11.6 Å². The summed E-state index contributed by atoms with van der Waals surface area (Å²) in [4.78, 5) is 0.